The summed E-state index contributed by atoms with van der Waals surface area (Å²) in [6.07, 6.45) is 0.768. The van der Waals surface area contributed by atoms with Crippen LogP contribution in [0.1, 0.15) is 10.4 Å². The van der Waals surface area contributed by atoms with E-state index in [1.54, 1.807) is 18.2 Å². The smallest absolute Gasteiger partial charge is 0.260 e. The summed E-state index contributed by atoms with van der Waals surface area (Å²) >= 11 is 3.33. The van der Waals surface area contributed by atoms with Gasteiger partial charge in [0, 0.05) is 31.7 Å². The van der Waals surface area contributed by atoms with Gasteiger partial charge >= 0.3 is 0 Å². The predicted molar refractivity (Wildman–Crippen MR) is 79.1 cm³/mol. The number of carbonyl (C=O) groups excluding carboxylic acids is 2. The number of benzene rings is 1. The second-order valence-electron chi connectivity index (χ2n) is 4.78. The monoisotopic (exact) mass is 340 g/mol. The van der Waals surface area contributed by atoms with E-state index in [-0.39, 0.29) is 12.5 Å². The zero-order valence-corrected chi connectivity index (χ0v) is 12.9. The van der Waals surface area contributed by atoms with Crippen LogP contribution in [-0.4, -0.2) is 61.8 Å². The zero-order chi connectivity index (χ0) is 14.5. The Morgan fingerprint density at radius 3 is 2.65 bits per heavy atom. The zero-order valence-electron chi connectivity index (χ0n) is 11.3. The molecule has 1 heterocycles. The van der Waals surface area contributed by atoms with Crippen molar-refractivity contribution in [2.45, 2.75) is 0 Å². The van der Waals surface area contributed by atoms with Crippen LogP contribution in [0.5, 0.6) is 5.75 Å². The van der Waals surface area contributed by atoms with E-state index in [1.807, 2.05) is 11.9 Å². The molecule has 0 N–H and O–H groups in total. The van der Waals surface area contributed by atoms with Crippen LogP contribution in [0.4, 0.5) is 0 Å². The number of nitrogens with zero attached hydrogens (tertiary/aromatic N) is 2. The number of amides is 1. The highest BCUT2D eigenvalue weighted by Crippen LogP contribution is 2.25. The lowest BCUT2D eigenvalue weighted by Gasteiger charge is -2.32. The second-order valence-corrected chi connectivity index (χ2v) is 5.63. The second kappa shape index (κ2) is 6.85. The standard InChI is InChI=1S/C14H17BrN2O3/c1-16-4-6-17(7-5-16)14(19)10-20-13-3-2-11(9-18)8-12(13)15/h2-3,8-9H,4-7,10H2,1H3. The quantitative estimate of drug-likeness (QED) is 0.777. The van der Waals surface area contributed by atoms with E-state index in [1.165, 1.54) is 0 Å². The Kier molecular flexibility index (Phi) is 5.14. The van der Waals surface area contributed by atoms with Gasteiger partial charge in [0.25, 0.3) is 5.91 Å². The summed E-state index contributed by atoms with van der Waals surface area (Å²) in [5.74, 6) is 0.558. The van der Waals surface area contributed by atoms with Crippen molar-refractivity contribution in [2.75, 3.05) is 39.8 Å². The molecular weight excluding hydrogens is 324 g/mol. The average molecular weight is 341 g/mol. The number of ether oxygens (including phenoxy) is 1. The van der Waals surface area contributed by atoms with Crippen LogP contribution in [0, 0.1) is 0 Å². The molecule has 1 aromatic carbocycles. The van der Waals surface area contributed by atoms with Crippen molar-refractivity contribution in [3.05, 3.63) is 28.2 Å². The molecule has 1 aromatic rings. The maximum atomic E-state index is 12.0. The SMILES string of the molecule is CN1CCN(C(=O)COc2ccc(C=O)cc2Br)CC1. The fourth-order valence-corrected chi connectivity index (χ4v) is 2.51. The van der Waals surface area contributed by atoms with Crippen LogP contribution < -0.4 is 4.74 Å². The van der Waals surface area contributed by atoms with E-state index >= 15 is 0 Å². The Labute approximate surface area is 126 Å². The van der Waals surface area contributed by atoms with Gasteiger partial charge in [-0.05, 0) is 41.2 Å². The van der Waals surface area contributed by atoms with Gasteiger partial charge in [0.1, 0.15) is 12.0 Å². The molecule has 108 valence electrons. The molecular formula is C14H17BrN2O3. The van der Waals surface area contributed by atoms with E-state index in [0.717, 1.165) is 32.5 Å². The number of piperazine rings is 1. The van der Waals surface area contributed by atoms with Crippen LogP contribution >= 0.6 is 15.9 Å². The van der Waals surface area contributed by atoms with E-state index < -0.39 is 0 Å². The normalized spacial score (nSPS) is 16.0. The van der Waals surface area contributed by atoms with Gasteiger partial charge < -0.3 is 14.5 Å². The summed E-state index contributed by atoms with van der Waals surface area (Å²) in [6, 6.07) is 5.02. The van der Waals surface area contributed by atoms with Gasteiger partial charge in [-0.3, -0.25) is 9.59 Å². The molecule has 1 aliphatic rings. The topological polar surface area (TPSA) is 49.9 Å². The third-order valence-corrected chi connectivity index (χ3v) is 3.92. The minimum atomic E-state index is -0.00976. The van der Waals surface area contributed by atoms with Crippen molar-refractivity contribution in [3.63, 3.8) is 0 Å². The predicted octanol–water partition coefficient (Wildman–Crippen LogP) is 1.41. The maximum absolute atomic E-state index is 12.0. The molecule has 1 aliphatic heterocycles. The summed E-state index contributed by atoms with van der Waals surface area (Å²) in [6.45, 7) is 3.28. The lowest BCUT2D eigenvalue weighted by atomic mass is 10.2. The van der Waals surface area contributed by atoms with Gasteiger partial charge in [0.15, 0.2) is 6.61 Å². The van der Waals surface area contributed by atoms with Gasteiger partial charge in [0.05, 0.1) is 4.47 Å². The summed E-state index contributed by atoms with van der Waals surface area (Å²) < 4.78 is 6.18. The first-order valence-electron chi connectivity index (χ1n) is 6.44. The van der Waals surface area contributed by atoms with Gasteiger partial charge in [-0.2, -0.15) is 0 Å². The molecule has 0 unspecified atom stereocenters. The Hall–Kier alpha value is -1.40. The van der Waals surface area contributed by atoms with Gasteiger partial charge in [-0.15, -0.1) is 0 Å². The highest BCUT2D eigenvalue weighted by molar-refractivity contribution is 9.10. The molecule has 1 fully saturated rings. The minimum Gasteiger partial charge on any atom is -0.483 e. The summed E-state index contributed by atoms with van der Waals surface area (Å²) in [7, 11) is 2.05. The average Bonchev–Trinajstić information content (AvgIpc) is 2.46. The van der Waals surface area contributed by atoms with Crippen LogP contribution in [0.25, 0.3) is 0 Å². The number of rotatable bonds is 4. The fourth-order valence-electron chi connectivity index (χ4n) is 1.99. The van der Waals surface area contributed by atoms with Gasteiger partial charge in [0.2, 0.25) is 0 Å². The summed E-state index contributed by atoms with van der Waals surface area (Å²) in [5.41, 5.74) is 0.564. The van der Waals surface area contributed by atoms with E-state index in [0.29, 0.717) is 15.8 Å². The maximum Gasteiger partial charge on any atom is 0.260 e. The molecule has 5 nitrogen and oxygen atoms in total. The first-order valence-corrected chi connectivity index (χ1v) is 7.23. The molecule has 1 saturated heterocycles. The molecule has 0 bridgehead atoms. The molecule has 1 amide bonds. The lowest BCUT2D eigenvalue weighted by molar-refractivity contribution is -0.134. The van der Waals surface area contributed by atoms with Crippen LogP contribution in [0.2, 0.25) is 0 Å². The molecule has 0 aromatic heterocycles. The first kappa shape index (κ1) is 15.0. The molecule has 2 rings (SSSR count). The molecule has 0 aliphatic carbocycles. The van der Waals surface area contributed by atoms with Gasteiger partial charge in [-0.25, -0.2) is 0 Å². The highest BCUT2D eigenvalue weighted by atomic mass is 79.9. The molecule has 0 spiro atoms. The number of hydrogen-bond acceptors (Lipinski definition) is 4. The number of likely N-dealkylation sites (N-methyl/N-ethyl adjacent to an activating group) is 1. The number of halogens is 1. The van der Waals surface area contributed by atoms with Crippen LogP contribution in [-0.2, 0) is 4.79 Å². The first-order chi connectivity index (χ1) is 9.60. The molecule has 20 heavy (non-hydrogen) atoms. The Balaban J connectivity index is 1.88. The lowest BCUT2D eigenvalue weighted by Crippen LogP contribution is -2.48. The minimum absolute atomic E-state index is 0.00976. The summed E-state index contributed by atoms with van der Waals surface area (Å²) in [5, 5.41) is 0. The molecule has 6 heteroatoms. The molecule has 0 saturated carbocycles. The van der Waals surface area contributed by atoms with Crippen LogP contribution in [0.3, 0.4) is 0 Å². The third kappa shape index (κ3) is 3.80. The largest absolute Gasteiger partial charge is 0.483 e. The fraction of sp³-hybridized carbons (Fsp3) is 0.429. The highest BCUT2D eigenvalue weighted by Gasteiger charge is 2.19. The van der Waals surface area contributed by atoms with Crippen molar-refractivity contribution >= 4 is 28.1 Å². The van der Waals surface area contributed by atoms with Crippen molar-refractivity contribution < 1.29 is 14.3 Å². The number of hydrogen-bond donors (Lipinski definition) is 0. The Morgan fingerprint density at radius 1 is 1.35 bits per heavy atom. The van der Waals surface area contributed by atoms with E-state index in [2.05, 4.69) is 20.8 Å². The van der Waals surface area contributed by atoms with Gasteiger partial charge in [-0.1, -0.05) is 0 Å². The number of aldehydes is 1. The third-order valence-electron chi connectivity index (χ3n) is 3.30. The molecule has 0 atom stereocenters. The summed E-state index contributed by atoms with van der Waals surface area (Å²) in [4.78, 5) is 26.7. The van der Waals surface area contributed by atoms with E-state index in [9.17, 15) is 9.59 Å². The van der Waals surface area contributed by atoms with Crippen LogP contribution in [0.15, 0.2) is 22.7 Å². The van der Waals surface area contributed by atoms with E-state index in [4.69, 9.17) is 4.74 Å². The van der Waals surface area contributed by atoms with Crippen molar-refractivity contribution in [2.24, 2.45) is 0 Å². The Morgan fingerprint density at radius 2 is 2.05 bits per heavy atom. The van der Waals surface area contributed by atoms with Crippen molar-refractivity contribution in [1.29, 1.82) is 0 Å². The number of carbonyl (C=O) groups is 2. The Bertz CT molecular complexity index is 499. The molecule has 0 radical (unpaired) electrons. The van der Waals surface area contributed by atoms with Crippen molar-refractivity contribution in [1.82, 2.24) is 9.80 Å². The van der Waals surface area contributed by atoms with Crippen molar-refractivity contribution in [3.8, 4) is 5.75 Å².